The Morgan fingerprint density at radius 2 is 1.24 bits per heavy atom. The van der Waals surface area contributed by atoms with Crippen molar-refractivity contribution in [3.63, 3.8) is 0 Å². The Morgan fingerprint density at radius 1 is 0.762 bits per heavy atom. The van der Waals surface area contributed by atoms with Gasteiger partial charge in [0.2, 0.25) is 8.32 Å². The lowest BCUT2D eigenvalue weighted by Crippen LogP contribution is -2.55. The highest BCUT2D eigenvalue weighted by molar-refractivity contribution is 6.88. The summed E-state index contributed by atoms with van der Waals surface area (Å²) in [6.07, 6.45) is 0. The van der Waals surface area contributed by atoms with Gasteiger partial charge in [-0.1, -0.05) is 88.4 Å². The van der Waals surface area contributed by atoms with Crippen molar-refractivity contribution >= 4 is 13.5 Å². The van der Waals surface area contributed by atoms with Crippen LogP contribution in [0.3, 0.4) is 0 Å². The summed E-state index contributed by atoms with van der Waals surface area (Å²) in [5, 5.41) is 1.41. The fourth-order valence-corrected chi connectivity index (χ4v) is 7.84. The van der Waals surface area contributed by atoms with Crippen LogP contribution in [0.1, 0.15) is 33.3 Å². The molecule has 0 unspecified atom stereocenters. The fourth-order valence-electron chi connectivity index (χ4n) is 3.23. The second-order valence-electron chi connectivity index (χ2n) is 6.24. The van der Waals surface area contributed by atoms with Crippen LogP contribution in [0.2, 0.25) is 11.1 Å². The standard InChI is InChI=1S/C19H26OSi/c1-16(2)21(17(3)4,19-13-9-6-10-14-19)20-15-18-11-7-5-8-12-18/h5-14,16-17H,15H2,1-4H3. The zero-order valence-corrected chi connectivity index (χ0v) is 14.5. The number of rotatable bonds is 6. The van der Waals surface area contributed by atoms with Crippen LogP contribution >= 0.6 is 0 Å². The van der Waals surface area contributed by atoms with E-state index in [1.54, 1.807) is 0 Å². The van der Waals surface area contributed by atoms with E-state index in [0.717, 1.165) is 0 Å². The van der Waals surface area contributed by atoms with Crippen molar-refractivity contribution in [2.24, 2.45) is 0 Å². The predicted molar refractivity (Wildman–Crippen MR) is 93.3 cm³/mol. The van der Waals surface area contributed by atoms with Crippen LogP contribution < -0.4 is 5.19 Å². The van der Waals surface area contributed by atoms with Crippen molar-refractivity contribution in [1.29, 1.82) is 0 Å². The minimum absolute atomic E-state index is 0.545. The third-order valence-electron chi connectivity index (χ3n) is 4.26. The van der Waals surface area contributed by atoms with E-state index < -0.39 is 8.32 Å². The molecule has 0 bridgehead atoms. The highest BCUT2D eigenvalue weighted by Gasteiger charge is 2.43. The van der Waals surface area contributed by atoms with Crippen molar-refractivity contribution in [3.8, 4) is 0 Å². The maximum atomic E-state index is 6.66. The Labute approximate surface area is 130 Å². The van der Waals surface area contributed by atoms with E-state index in [9.17, 15) is 0 Å². The maximum absolute atomic E-state index is 6.66. The van der Waals surface area contributed by atoms with Gasteiger partial charge in [-0.3, -0.25) is 0 Å². The molecule has 0 saturated carbocycles. The van der Waals surface area contributed by atoms with Crippen molar-refractivity contribution in [3.05, 3.63) is 66.2 Å². The molecule has 1 nitrogen and oxygen atoms in total. The summed E-state index contributed by atoms with van der Waals surface area (Å²) >= 11 is 0. The summed E-state index contributed by atoms with van der Waals surface area (Å²) < 4.78 is 6.66. The highest BCUT2D eigenvalue weighted by Crippen LogP contribution is 2.34. The summed E-state index contributed by atoms with van der Waals surface area (Å²) in [6, 6.07) is 21.3. The van der Waals surface area contributed by atoms with E-state index in [0.29, 0.717) is 17.7 Å². The lowest BCUT2D eigenvalue weighted by molar-refractivity contribution is 0.283. The molecule has 2 rings (SSSR count). The lowest BCUT2D eigenvalue weighted by atomic mass is 10.2. The molecule has 2 aromatic carbocycles. The molecule has 2 aromatic rings. The van der Waals surface area contributed by atoms with E-state index in [1.807, 2.05) is 0 Å². The summed E-state index contributed by atoms with van der Waals surface area (Å²) in [4.78, 5) is 0. The Balaban J connectivity index is 2.32. The third-order valence-corrected chi connectivity index (χ3v) is 9.55. The van der Waals surface area contributed by atoms with Crippen LogP contribution in [0.25, 0.3) is 0 Å². The molecular weight excluding hydrogens is 272 g/mol. The topological polar surface area (TPSA) is 9.23 Å². The van der Waals surface area contributed by atoms with Crippen LogP contribution in [0.5, 0.6) is 0 Å². The van der Waals surface area contributed by atoms with Crippen molar-refractivity contribution in [1.82, 2.24) is 0 Å². The molecule has 0 aromatic heterocycles. The van der Waals surface area contributed by atoms with Gasteiger partial charge < -0.3 is 4.43 Å². The molecule has 0 N–H and O–H groups in total. The molecule has 0 atom stereocenters. The van der Waals surface area contributed by atoms with E-state index in [-0.39, 0.29) is 0 Å². The van der Waals surface area contributed by atoms with Gasteiger partial charge in [-0.25, -0.2) is 0 Å². The molecule has 0 aliphatic heterocycles. The van der Waals surface area contributed by atoms with E-state index in [4.69, 9.17) is 4.43 Å². The minimum atomic E-state index is -2.01. The van der Waals surface area contributed by atoms with Crippen molar-refractivity contribution in [2.45, 2.75) is 45.4 Å². The van der Waals surface area contributed by atoms with Crippen molar-refractivity contribution < 1.29 is 4.43 Å². The van der Waals surface area contributed by atoms with Gasteiger partial charge in [-0.05, 0) is 21.8 Å². The summed E-state index contributed by atoms with van der Waals surface area (Å²) in [5.74, 6) is 0. The van der Waals surface area contributed by atoms with Gasteiger partial charge in [0.15, 0.2) is 0 Å². The van der Waals surface area contributed by atoms with Gasteiger partial charge in [-0.2, -0.15) is 0 Å². The molecule has 0 aliphatic carbocycles. The molecule has 21 heavy (non-hydrogen) atoms. The molecule has 2 heteroatoms. The van der Waals surface area contributed by atoms with Crippen LogP contribution in [0.15, 0.2) is 60.7 Å². The maximum Gasteiger partial charge on any atom is 0.229 e. The molecule has 0 saturated heterocycles. The van der Waals surface area contributed by atoms with Gasteiger partial charge in [-0.15, -0.1) is 0 Å². The van der Waals surface area contributed by atoms with E-state index in [2.05, 4.69) is 88.4 Å². The highest BCUT2D eigenvalue weighted by atomic mass is 28.4. The van der Waals surface area contributed by atoms with Gasteiger partial charge in [0, 0.05) is 0 Å². The second-order valence-corrected chi connectivity index (χ2v) is 11.0. The Bertz CT molecular complexity index is 526. The third kappa shape index (κ3) is 3.45. The van der Waals surface area contributed by atoms with Crippen LogP contribution in [-0.4, -0.2) is 8.32 Å². The van der Waals surface area contributed by atoms with Crippen molar-refractivity contribution in [2.75, 3.05) is 0 Å². The Morgan fingerprint density at radius 3 is 1.71 bits per heavy atom. The van der Waals surface area contributed by atoms with Crippen LogP contribution in [0.4, 0.5) is 0 Å². The average molecular weight is 299 g/mol. The molecule has 0 aliphatic rings. The molecule has 0 heterocycles. The second kappa shape index (κ2) is 7.06. The normalized spacial score (nSPS) is 12.1. The first-order valence-electron chi connectivity index (χ1n) is 7.80. The monoisotopic (exact) mass is 298 g/mol. The molecule has 0 fully saturated rings. The minimum Gasteiger partial charge on any atom is -0.408 e. The average Bonchev–Trinajstić information content (AvgIpc) is 2.49. The Hall–Kier alpha value is -1.38. The molecular formula is C19H26OSi. The zero-order valence-electron chi connectivity index (χ0n) is 13.5. The quantitative estimate of drug-likeness (QED) is 0.691. The zero-order chi connectivity index (χ0) is 15.3. The van der Waals surface area contributed by atoms with Gasteiger partial charge in [0.05, 0.1) is 6.61 Å². The van der Waals surface area contributed by atoms with Crippen LogP contribution in [0, 0.1) is 0 Å². The summed E-state index contributed by atoms with van der Waals surface area (Å²) in [6.45, 7) is 9.95. The molecule has 0 spiro atoms. The smallest absolute Gasteiger partial charge is 0.229 e. The predicted octanol–water partition coefficient (Wildman–Crippen LogP) is 4.88. The largest absolute Gasteiger partial charge is 0.408 e. The first-order valence-corrected chi connectivity index (χ1v) is 9.87. The SMILES string of the molecule is CC(C)[Si](OCc1ccccc1)(c1ccccc1)C(C)C. The van der Waals surface area contributed by atoms with Crippen LogP contribution in [-0.2, 0) is 11.0 Å². The van der Waals surface area contributed by atoms with Gasteiger partial charge in [0.1, 0.15) is 0 Å². The van der Waals surface area contributed by atoms with E-state index >= 15 is 0 Å². The fraction of sp³-hybridized carbons (Fsp3) is 0.368. The summed E-state index contributed by atoms with van der Waals surface area (Å²) in [5.41, 5.74) is 2.35. The Kier molecular flexibility index (Phi) is 5.37. The number of hydrogen-bond acceptors (Lipinski definition) is 1. The molecule has 112 valence electrons. The van der Waals surface area contributed by atoms with Gasteiger partial charge >= 0.3 is 0 Å². The molecule has 0 amide bonds. The van der Waals surface area contributed by atoms with E-state index in [1.165, 1.54) is 10.8 Å². The molecule has 0 radical (unpaired) electrons. The first kappa shape index (κ1) is 16.0. The number of benzene rings is 2. The van der Waals surface area contributed by atoms with Gasteiger partial charge in [0.25, 0.3) is 0 Å². The number of hydrogen-bond donors (Lipinski definition) is 0. The summed E-state index contributed by atoms with van der Waals surface area (Å²) in [7, 11) is -2.01. The lowest BCUT2D eigenvalue weighted by Gasteiger charge is -2.39. The first-order chi connectivity index (χ1) is 10.1.